The highest BCUT2D eigenvalue weighted by atomic mass is 32.2. The first-order chi connectivity index (χ1) is 8.05. The Morgan fingerprint density at radius 3 is 2.88 bits per heavy atom. The maximum Gasteiger partial charge on any atom is 0.0982 e. The topological polar surface area (TPSA) is 24.9 Å². The summed E-state index contributed by atoms with van der Waals surface area (Å²) in [6.07, 6.45) is 1.38. The van der Waals surface area contributed by atoms with Crippen molar-refractivity contribution < 1.29 is 0 Å². The van der Waals surface area contributed by atoms with Crippen LogP contribution < -0.4 is 5.32 Å². The van der Waals surface area contributed by atoms with Crippen LogP contribution >= 0.6 is 23.1 Å². The molecule has 2 heterocycles. The Morgan fingerprint density at radius 2 is 2.29 bits per heavy atom. The van der Waals surface area contributed by atoms with Gasteiger partial charge < -0.3 is 5.32 Å². The predicted octanol–water partition coefficient (Wildman–Crippen LogP) is 3.28. The van der Waals surface area contributed by atoms with Gasteiger partial charge in [-0.2, -0.15) is 11.8 Å². The second kappa shape index (κ2) is 5.72. The highest BCUT2D eigenvalue weighted by Gasteiger charge is 2.18. The van der Waals surface area contributed by atoms with E-state index in [1.165, 1.54) is 28.6 Å². The maximum absolute atomic E-state index is 4.70. The lowest BCUT2D eigenvalue weighted by molar-refractivity contribution is 0.518. The van der Waals surface area contributed by atoms with Gasteiger partial charge in [-0.25, -0.2) is 4.98 Å². The van der Waals surface area contributed by atoms with E-state index in [-0.39, 0.29) is 5.41 Å². The summed E-state index contributed by atoms with van der Waals surface area (Å²) in [5.41, 5.74) is 1.39. The normalized spacial score (nSPS) is 21.0. The first kappa shape index (κ1) is 13.4. The lowest BCUT2D eigenvalue weighted by Crippen LogP contribution is -2.22. The highest BCUT2D eigenvalue weighted by molar-refractivity contribution is 7.99. The Balaban J connectivity index is 1.77. The van der Waals surface area contributed by atoms with Crippen molar-refractivity contribution in [2.75, 3.05) is 18.1 Å². The minimum atomic E-state index is 0.186. The Kier molecular flexibility index (Phi) is 4.50. The smallest absolute Gasteiger partial charge is 0.0982 e. The molecule has 0 aliphatic carbocycles. The molecule has 96 valence electrons. The Bertz CT molecular complexity index is 349. The van der Waals surface area contributed by atoms with Crippen LogP contribution in [0.3, 0.4) is 0 Å². The molecule has 0 saturated carbocycles. The molecule has 1 fully saturated rings. The number of thiazole rings is 1. The quantitative estimate of drug-likeness (QED) is 0.909. The molecule has 2 nitrogen and oxygen atoms in total. The molecule has 0 spiro atoms. The molecule has 1 N–H and O–H groups in total. The van der Waals surface area contributed by atoms with Crippen LogP contribution in [0.2, 0.25) is 0 Å². The summed E-state index contributed by atoms with van der Waals surface area (Å²) < 4.78 is 0. The zero-order valence-corrected chi connectivity index (χ0v) is 12.6. The molecule has 1 aromatic heterocycles. The number of hydrogen-bond donors (Lipinski definition) is 1. The van der Waals surface area contributed by atoms with E-state index in [0.29, 0.717) is 0 Å². The van der Waals surface area contributed by atoms with Gasteiger partial charge in [0, 0.05) is 17.3 Å². The number of aromatic nitrogens is 1. The Labute approximate surface area is 113 Å². The molecule has 1 saturated heterocycles. The third-order valence-electron chi connectivity index (χ3n) is 2.96. The van der Waals surface area contributed by atoms with E-state index in [4.69, 9.17) is 4.98 Å². The van der Waals surface area contributed by atoms with Gasteiger partial charge in [-0.1, -0.05) is 20.8 Å². The van der Waals surface area contributed by atoms with Crippen molar-refractivity contribution in [3.63, 3.8) is 0 Å². The SMILES string of the molecule is CC(C)(C)c1nc(CNCC2CCSC2)cs1. The van der Waals surface area contributed by atoms with Gasteiger partial charge in [-0.05, 0) is 30.4 Å². The first-order valence-corrected chi connectivity index (χ1v) is 8.32. The minimum Gasteiger partial charge on any atom is -0.311 e. The van der Waals surface area contributed by atoms with E-state index in [2.05, 4.69) is 43.2 Å². The largest absolute Gasteiger partial charge is 0.311 e. The van der Waals surface area contributed by atoms with Crippen molar-refractivity contribution in [1.29, 1.82) is 0 Å². The number of nitrogens with one attached hydrogen (secondary N) is 1. The molecule has 1 aliphatic rings. The van der Waals surface area contributed by atoms with Crippen LogP contribution in [0, 0.1) is 5.92 Å². The van der Waals surface area contributed by atoms with Gasteiger partial charge in [0.1, 0.15) is 0 Å². The Morgan fingerprint density at radius 1 is 1.47 bits per heavy atom. The predicted molar refractivity (Wildman–Crippen MR) is 78.0 cm³/mol. The fourth-order valence-corrected chi connectivity index (χ4v) is 4.07. The molecule has 1 aliphatic heterocycles. The van der Waals surface area contributed by atoms with Crippen molar-refractivity contribution in [3.8, 4) is 0 Å². The van der Waals surface area contributed by atoms with Gasteiger partial charge >= 0.3 is 0 Å². The molecule has 1 unspecified atom stereocenters. The highest BCUT2D eigenvalue weighted by Crippen LogP contribution is 2.26. The van der Waals surface area contributed by atoms with E-state index in [0.717, 1.165) is 19.0 Å². The van der Waals surface area contributed by atoms with Crippen LogP contribution in [0.25, 0.3) is 0 Å². The summed E-state index contributed by atoms with van der Waals surface area (Å²) in [4.78, 5) is 4.70. The van der Waals surface area contributed by atoms with Gasteiger partial charge in [-0.15, -0.1) is 11.3 Å². The summed E-state index contributed by atoms with van der Waals surface area (Å²) in [7, 11) is 0. The minimum absolute atomic E-state index is 0.186. The van der Waals surface area contributed by atoms with Gasteiger partial charge in [0.2, 0.25) is 0 Å². The van der Waals surface area contributed by atoms with E-state index >= 15 is 0 Å². The molecule has 0 amide bonds. The van der Waals surface area contributed by atoms with Crippen LogP contribution in [0.5, 0.6) is 0 Å². The summed E-state index contributed by atoms with van der Waals surface area (Å²) in [5, 5.41) is 6.97. The lowest BCUT2D eigenvalue weighted by atomic mass is 9.98. The monoisotopic (exact) mass is 270 g/mol. The molecule has 0 bridgehead atoms. The van der Waals surface area contributed by atoms with E-state index < -0.39 is 0 Å². The second-order valence-electron chi connectivity index (χ2n) is 5.75. The molecule has 1 aromatic rings. The van der Waals surface area contributed by atoms with Crippen molar-refractivity contribution in [2.45, 2.75) is 39.2 Å². The molecule has 2 rings (SSSR count). The lowest BCUT2D eigenvalue weighted by Gasteiger charge is -2.13. The van der Waals surface area contributed by atoms with Crippen LogP contribution in [0.1, 0.15) is 37.9 Å². The van der Waals surface area contributed by atoms with E-state index in [9.17, 15) is 0 Å². The molecular weight excluding hydrogens is 248 g/mol. The number of nitrogens with zero attached hydrogens (tertiary/aromatic N) is 1. The van der Waals surface area contributed by atoms with Crippen LogP contribution in [0.4, 0.5) is 0 Å². The maximum atomic E-state index is 4.70. The summed E-state index contributed by atoms with van der Waals surface area (Å²) >= 11 is 3.87. The van der Waals surface area contributed by atoms with Crippen LogP contribution in [-0.4, -0.2) is 23.0 Å². The van der Waals surface area contributed by atoms with Crippen LogP contribution in [0.15, 0.2) is 5.38 Å². The van der Waals surface area contributed by atoms with Gasteiger partial charge in [0.05, 0.1) is 10.7 Å². The standard InChI is InChI=1S/C13H22N2S2/c1-13(2,3)12-15-11(9-17-12)7-14-6-10-4-5-16-8-10/h9-10,14H,4-8H2,1-3H3. The third kappa shape index (κ3) is 3.97. The van der Waals surface area contributed by atoms with Gasteiger partial charge in [0.25, 0.3) is 0 Å². The zero-order chi connectivity index (χ0) is 12.3. The summed E-state index contributed by atoms with van der Waals surface area (Å²) in [5.74, 6) is 3.55. The van der Waals surface area contributed by atoms with Crippen LogP contribution in [-0.2, 0) is 12.0 Å². The zero-order valence-electron chi connectivity index (χ0n) is 11.0. The molecule has 1 atom stereocenters. The number of rotatable bonds is 4. The van der Waals surface area contributed by atoms with Crippen molar-refractivity contribution >= 4 is 23.1 Å². The van der Waals surface area contributed by atoms with Crippen molar-refractivity contribution in [3.05, 3.63) is 16.1 Å². The molecule has 0 radical (unpaired) electrons. The first-order valence-electron chi connectivity index (χ1n) is 6.29. The third-order valence-corrected chi connectivity index (χ3v) is 5.50. The molecule has 17 heavy (non-hydrogen) atoms. The Hall–Kier alpha value is -0.0600. The fraction of sp³-hybridized carbons (Fsp3) is 0.769. The molecular formula is C13H22N2S2. The van der Waals surface area contributed by atoms with Gasteiger partial charge in [-0.3, -0.25) is 0 Å². The molecule has 0 aromatic carbocycles. The second-order valence-corrected chi connectivity index (χ2v) is 7.76. The van der Waals surface area contributed by atoms with Gasteiger partial charge in [0.15, 0.2) is 0 Å². The fourth-order valence-electron chi connectivity index (χ4n) is 1.88. The average molecular weight is 270 g/mol. The molecule has 4 heteroatoms. The summed E-state index contributed by atoms with van der Waals surface area (Å²) in [6.45, 7) is 8.74. The summed E-state index contributed by atoms with van der Waals surface area (Å²) in [6, 6.07) is 0. The number of thioether (sulfide) groups is 1. The number of hydrogen-bond acceptors (Lipinski definition) is 4. The van der Waals surface area contributed by atoms with Crippen molar-refractivity contribution in [2.24, 2.45) is 5.92 Å². The average Bonchev–Trinajstić information content (AvgIpc) is 2.86. The van der Waals surface area contributed by atoms with Crippen molar-refractivity contribution in [1.82, 2.24) is 10.3 Å². The van der Waals surface area contributed by atoms with E-state index in [1.807, 2.05) is 0 Å². The van der Waals surface area contributed by atoms with E-state index in [1.54, 1.807) is 11.3 Å².